The van der Waals surface area contributed by atoms with Gasteiger partial charge in [-0.15, -0.1) is 0 Å². The third kappa shape index (κ3) is 6.05. The molecule has 2 fully saturated rings. The highest BCUT2D eigenvalue weighted by molar-refractivity contribution is 8.18. The van der Waals surface area contributed by atoms with E-state index < -0.39 is 26.2 Å². The first-order valence-corrected chi connectivity index (χ1v) is 14.0. The minimum Gasteiger partial charge on any atom is -0.379 e. The number of hydrogen-bond acceptors (Lipinski definition) is 9. The standard InChI is InChI=1S/C25H25N3O8S2/c1-16-9-11-26(12-10-16)23(29)15-27-24(30)22(37-25(27)31)13-18-4-6-19(7-5-18)36-38(34,35)20-8-3-17(2)21(14-20)28(32)33/h3-8,13-14,16H,9-12,15H2,1-2H3/b22-13-. The summed E-state index contributed by atoms with van der Waals surface area (Å²) in [5.74, 6) is -0.329. The third-order valence-electron chi connectivity index (χ3n) is 6.35. The van der Waals surface area contributed by atoms with Crippen LogP contribution in [0.1, 0.15) is 30.9 Å². The zero-order valence-electron chi connectivity index (χ0n) is 20.7. The van der Waals surface area contributed by atoms with E-state index in [1.165, 1.54) is 49.4 Å². The van der Waals surface area contributed by atoms with E-state index in [2.05, 4.69) is 6.92 Å². The number of nitro groups is 1. The molecule has 0 bridgehead atoms. The van der Waals surface area contributed by atoms with Gasteiger partial charge < -0.3 is 9.08 Å². The van der Waals surface area contributed by atoms with Crippen LogP contribution in [0, 0.1) is 23.0 Å². The van der Waals surface area contributed by atoms with Crippen LogP contribution in [0.3, 0.4) is 0 Å². The van der Waals surface area contributed by atoms with Gasteiger partial charge >= 0.3 is 10.1 Å². The molecule has 0 unspecified atom stereocenters. The maximum Gasteiger partial charge on any atom is 0.339 e. The van der Waals surface area contributed by atoms with Crippen LogP contribution in [-0.2, 0) is 19.7 Å². The first-order chi connectivity index (χ1) is 17.9. The van der Waals surface area contributed by atoms with Crippen LogP contribution in [0.2, 0.25) is 0 Å². The van der Waals surface area contributed by atoms with Crippen LogP contribution < -0.4 is 4.18 Å². The summed E-state index contributed by atoms with van der Waals surface area (Å²) in [7, 11) is -4.33. The maximum absolute atomic E-state index is 12.8. The number of amides is 3. The Hall–Kier alpha value is -3.71. The number of nitro benzene ring substituents is 1. The highest BCUT2D eigenvalue weighted by Gasteiger charge is 2.37. The number of imide groups is 1. The van der Waals surface area contributed by atoms with Gasteiger partial charge in [0.15, 0.2) is 0 Å². The quantitative estimate of drug-likeness (QED) is 0.213. The number of hydrogen-bond donors (Lipinski definition) is 0. The van der Waals surface area contributed by atoms with Crippen molar-refractivity contribution in [3.8, 4) is 5.75 Å². The highest BCUT2D eigenvalue weighted by atomic mass is 32.2. The molecule has 4 rings (SSSR count). The van der Waals surface area contributed by atoms with Crippen LogP contribution >= 0.6 is 11.8 Å². The van der Waals surface area contributed by atoms with E-state index in [0.717, 1.165) is 35.6 Å². The average molecular weight is 560 g/mol. The lowest BCUT2D eigenvalue weighted by Crippen LogP contribution is -2.45. The van der Waals surface area contributed by atoms with Crippen molar-refractivity contribution in [1.82, 2.24) is 9.80 Å². The molecular formula is C25H25N3O8S2. The van der Waals surface area contributed by atoms with E-state index in [1.807, 2.05) is 0 Å². The molecule has 38 heavy (non-hydrogen) atoms. The van der Waals surface area contributed by atoms with E-state index in [-0.39, 0.29) is 33.7 Å². The smallest absolute Gasteiger partial charge is 0.339 e. The number of piperidine rings is 1. The van der Waals surface area contributed by atoms with E-state index in [1.54, 1.807) is 4.90 Å². The summed E-state index contributed by atoms with van der Waals surface area (Å²) in [5.41, 5.74) is 0.474. The molecule has 2 saturated heterocycles. The Balaban J connectivity index is 1.42. The normalized spacial score (nSPS) is 17.8. The molecule has 0 saturated carbocycles. The van der Waals surface area contributed by atoms with Gasteiger partial charge in [-0.2, -0.15) is 8.42 Å². The predicted octanol–water partition coefficient (Wildman–Crippen LogP) is 3.97. The first-order valence-electron chi connectivity index (χ1n) is 11.8. The monoisotopic (exact) mass is 559 g/mol. The number of thioether (sulfide) groups is 1. The van der Waals surface area contributed by atoms with Gasteiger partial charge in [0.2, 0.25) is 5.91 Å². The molecule has 0 radical (unpaired) electrons. The molecule has 0 N–H and O–H groups in total. The predicted molar refractivity (Wildman–Crippen MR) is 140 cm³/mol. The molecule has 200 valence electrons. The van der Waals surface area contributed by atoms with Crippen molar-refractivity contribution in [3.05, 3.63) is 68.6 Å². The molecule has 0 spiro atoms. The summed E-state index contributed by atoms with van der Waals surface area (Å²) in [6.07, 6.45) is 3.25. The molecule has 0 aliphatic carbocycles. The summed E-state index contributed by atoms with van der Waals surface area (Å²) >= 11 is 0.728. The number of aryl methyl sites for hydroxylation is 1. The number of rotatable bonds is 7. The number of carbonyl (C=O) groups is 3. The molecular weight excluding hydrogens is 534 g/mol. The minimum atomic E-state index is -4.33. The van der Waals surface area contributed by atoms with Crippen molar-refractivity contribution < 1.29 is 31.9 Å². The van der Waals surface area contributed by atoms with Crippen LogP contribution in [0.15, 0.2) is 52.3 Å². The van der Waals surface area contributed by atoms with Gasteiger partial charge in [-0.3, -0.25) is 29.4 Å². The van der Waals surface area contributed by atoms with Gasteiger partial charge in [0, 0.05) is 24.7 Å². The molecule has 0 atom stereocenters. The lowest BCUT2D eigenvalue weighted by molar-refractivity contribution is -0.385. The minimum absolute atomic E-state index is 0.0417. The number of benzene rings is 2. The summed E-state index contributed by atoms with van der Waals surface area (Å²) in [4.78, 5) is 50.7. The molecule has 2 heterocycles. The van der Waals surface area contributed by atoms with E-state index in [9.17, 15) is 32.9 Å². The van der Waals surface area contributed by atoms with Crippen molar-refractivity contribution in [2.45, 2.75) is 31.6 Å². The molecule has 0 aromatic heterocycles. The molecule has 13 heteroatoms. The van der Waals surface area contributed by atoms with Crippen molar-refractivity contribution in [3.63, 3.8) is 0 Å². The number of carbonyl (C=O) groups excluding carboxylic acids is 3. The second kappa shape index (κ2) is 11.0. The van der Waals surface area contributed by atoms with Gasteiger partial charge in [-0.05, 0) is 67.3 Å². The fraction of sp³-hybridized carbons (Fsp3) is 0.320. The molecule has 2 aliphatic heterocycles. The van der Waals surface area contributed by atoms with Crippen LogP contribution in [0.25, 0.3) is 6.08 Å². The maximum atomic E-state index is 12.8. The van der Waals surface area contributed by atoms with Gasteiger partial charge in [0.05, 0.1) is 9.83 Å². The van der Waals surface area contributed by atoms with Crippen molar-refractivity contribution in [1.29, 1.82) is 0 Å². The second-order valence-corrected chi connectivity index (χ2v) is 11.7. The number of likely N-dealkylation sites (tertiary alicyclic amines) is 1. The Morgan fingerprint density at radius 1 is 1.16 bits per heavy atom. The third-order valence-corrected chi connectivity index (χ3v) is 8.50. The fourth-order valence-electron chi connectivity index (χ4n) is 4.02. The summed E-state index contributed by atoms with van der Waals surface area (Å²) in [6.45, 7) is 4.53. The molecule has 3 amide bonds. The summed E-state index contributed by atoms with van der Waals surface area (Å²) in [5, 5.41) is 10.6. The van der Waals surface area contributed by atoms with E-state index in [0.29, 0.717) is 30.1 Å². The largest absolute Gasteiger partial charge is 0.379 e. The van der Waals surface area contributed by atoms with E-state index in [4.69, 9.17) is 4.18 Å². The van der Waals surface area contributed by atoms with Gasteiger partial charge in [-0.25, -0.2) is 0 Å². The van der Waals surface area contributed by atoms with Gasteiger partial charge in [-0.1, -0.05) is 25.1 Å². The van der Waals surface area contributed by atoms with Crippen molar-refractivity contribution in [2.75, 3.05) is 19.6 Å². The molecule has 2 aromatic rings. The lowest BCUT2D eigenvalue weighted by atomic mass is 9.99. The van der Waals surface area contributed by atoms with E-state index >= 15 is 0 Å². The van der Waals surface area contributed by atoms with Crippen molar-refractivity contribution in [2.24, 2.45) is 5.92 Å². The Labute approximate surface area is 223 Å². The Bertz CT molecular complexity index is 1430. The second-order valence-electron chi connectivity index (χ2n) is 9.14. The van der Waals surface area contributed by atoms with Crippen molar-refractivity contribution >= 4 is 50.7 Å². The Morgan fingerprint density at radius 2 is 1.82 bits per heavy atom. The van der Waals surface area contributed by atoms with Crippen LogP contribution in [0.5, 0.6) is 5.75 Å². The van der Waals surface area contributed by atoms with Crippen LogP contribution in [-0.4, -0.2) is 59.8 Å². The lowest BCUT2D eigenvalue weighted by Gasteiger charge is -2.31. The zero-order valence-corrected chi connectivity index (χ0v) is 22.3. The number of nitrogens with zero attached hydrogens (tertiary/aromatic N) is 3. The SMILES string of the molecule is Cc1ccc(S(=O)(=O)Oc2ccc(/C=C3\SC(=O)N(CC(=O)N4CCC(C)CC4)C3=O)cc2)cc1[N+](=O)[O-]. The fourth-order valence-corrected chi connectivity index (χ4v) is 5.81. The molecule has 11 nitrogen and oxygen atoms in total. The van der Waals surface area contributed by atoms with Gasteiger partial charge in [0.25, 0.3) is 16.8 Å². The average Bonchev–Trinajstić information content (AvgIpc) is 3.12. The molecule has 2 aromatic carbocycles. The Kier molecular flexibility index (Phi) is 7.88. The topological polar surface area (TPSA) is 144 Å². The zero-order chi connectivity index (χ0) is 27.6. The highest BCUT2D eigenvalue weighted by Crippen LogP contribution is 2.33. The summed E-state index contributed by atoms with van der Waals surface area (Å²) < 4.78 is 30.3. The van der Waals surface area contributed by atoms with Gasteiger partial charge in [0.1, 0.15) is 17.2 Å². The van der Waals surface area contributed by atoms with Crippen LogP contribution in [0.4, 0.5) is 10.5 Å². The summed E-state index contributed by atoms with van der Waals surface area (Å²) in [6, 6.07) is 9.19. The first kappa shape index (κ1) is 27.3. The molecule has 2 aliphatic rings. The Morgan fingerprint density at radius 3 is 2.45 bits per heavy atom.